The van der Waals surface area contributed by atoms with E-state index in [4.69, 9.17) is 14.2 Å². The fraction of sp³-hybridized carbons (Fsp3) is 0.182. The van der Waals surface area contributed by atoms with E-state index in [1.165, 1.54) is 7.11 Å². The highest BCUT2D eigenvalue weighted by atomic mass is 16.5. The van der Waals surface area contributed by atoms with Crippen molar-refractivity contribution < 1.29 is 19.0 Å². The van der Waals surface area contributed by atoms with E-state index in [0.29, 0.717) is 0 Å². The first kappa shape index (κ1) is 25.3. The van der Waals surface area contributed by atoms with E-state index in [0.717, 1.165) is 28.0 Å². The molecule has 192 valence electrons. The summed E-state index contributed by atoms with van der Waals surface area (Å²) in [5, 5.41) is 0. The molecule has 0 fully saturated rings. The molecule has 2 atom stereocenters. The van der Waals surface area contributed by atoms with Gasteiger partial charge in [-0.15, -0.1) is 0 Å². The summed E-state index contributed by atoms with van der Waals surface area (Å²) in [4.78, 5) is 14.8. The third kappa shape index (κ3) is 4.81. The van der Waals surface area contributed by atoms with Gasteiger partial charge in [-0.2, -0.15) is 0 Å². The van der Waals surface area contributed by atoms with Crippen molar-refractivity contribution in [2.24, 2.45) is 0 Å². The van der Waals surface area contributed by atoms with Crippen LogP contribution in [0.1, 0.15) is 28.3 Å². The minimum atomic E-state index is -0.877. The quantitative estimate of drug-likeness (QED) is 0.196. The van der Waals surface area contributed by atoms with E-state index in [-0.39, 0.29) is 18.7 Å². The van der Waals surface area contributed by atoms with Crippen molar-refractivity contribution in [3.05, 3.63) is 150 Å². The second-order valence-corrected chi connectivity index (χ2v) is 9.14. The average Bonchev–Trinajstić information content (AvgIpc) is 3.43. The number of methoxy groups -OCH3 is 2. The van der Waals surface area contributed by atoms with Gasteiger partial charge in [0.1, 0.15) is 11.4 Å². The third-order valence-electron chi connectivity index (χ3n) is 7.03. The molecule has 1 heterocycles. The summed E-state index contributed by atoms with van der Waals surface area (Å²) in [6.45, 7) is 0.261. The van der Waals surface area contributed by atoms with Crippen molar-refractivity contribution in [2.45, 2.75) is 17.7 Å². The van der Waals surface area contributed by atoms with E-state index in [1.807, 2.05) is 91.0 Å². The van der Waals surface area contributed by atoms with Gasteiger partial charge in [0.05, 0.1) is 32.9 Å². The largest absolute Gasteiger partial charge is 0.497 e. The molecule has 1 amide bonds. The highest BCUT2D eigenvalue weighted by molar-refractivity contribution is 5.70. The SMILES string of the molecule is COC(=O)N1C(c2ccc(OC)cc2)C=C[C@H]1COC(c1ccccc1)(c1ccccc1)c1ccccc1. The first-order valence-electron chi connectivity index (χ1n) is 12.7. The van der Waals surface area contributed by atoms with E-state index in [9.17, 15) is 4.79 Å². The first-order chi connectivity index (χ1) is 18.7. The minimum absolute atomic E-state index is 0.261. The normalized spacial score (nSPS) is 16.8. The van der Waals surface area contributed by atoms with Crippen LogP contribution in [0, 0.1) is 0 Å². The van der Waals surface area contributed by atoms with Gasteiger partial charge in [0.2, 0.25) is 0 Å². The van der Waals surface area contributed by atoms with Crippen molar-refractivity contribution in [3.63, 3.8) is 0 Å². The van der Waals surface area contributed by atoms with Gasteiger partial charge in [0, 0.05) is 0 Å². The predicted octanol–water partition coefficient (Wildman–Crippen LogP) is 6.75. The zero-order valence-corrected chi connectivity index (χ0v) is 21.6. The molecule has 0 spiro atoms. The topological polar surface area (TPSA) is 48.0 Å². The van der Waals surface area contributed by atoms with Crippen LogP contribution in [0.25, 0.3) is 0 Å². The highest BCUT2D eigenvalue weighted by Gasteiger charge is 2.41. The van der Waals surface area contributed by atoms with Gasteiger partial charge >= 0.3 is 6.09 Å². The van der Waals surface area contributed by atoms with Crippen LogP contribution >= 0.6 is 0 Å². The molecular formula is C33H31NO4. The predicted molar refractivity (Wildman–Crippen MR) is 148 cm³/mol. The molecular weight excluding hydrogens is 474 g/mol. The molecule has 0 aliphatic carbocycles. The number of rotatable bonds is 8. The fourth-order valence-electron chi connectivity index (χ4n) is 5.17. The van der Waals surface area contributed by atoms with Gasteiger partial charge in [-0.25, -0.2) is 4.79 Å². The number of carbonyl (C=O) groups is 1. The van der Waals surface area contributed by atoms with Crippen LogP contribution in [0.3, 0.4) is 0 Å². The van der Waals surface area contributed by atoms with Crippen LogP contribution in [0.5, 0.6) is 5.75 Å². The molecule has 0 bridgehead atoms. The smallest absolute Gasteiger partial charge is 0.410 e. The maximum Gasteiger partial charge on any atom is 0.410 e. The van der Waals surface area contributed by atoms with Crippen LogP contribution in [-0.4, -0.2) is 37.9 Å². The Hall–Kier alpha value is -4.35. The standard InChI is InChI=1S/C33H31NO4/c1-36-30-21-18-25(19-22-30)31-23-20-29(34(31)32(35)37-2)24-38-33(26-12-6-3-7-13-26,27-14-8-4-9-15-27)28-16-10-5-11-17-28/h3-23,29,31H,24H2,1-2H3/t29-,31?/m0/s1. The Morgan fingerprint density at radius 1 is 0.711 bits per heavy atom. The number of ether oxygens (including phenoxy) is 3. The summed E-state index contributed by atoms with van der Waals surface area (Å²) in [5.41, 5.74) is 3.12. The molecule has 5 rings (SSSR count). The number of carbonyl (C=O) groups excluding carboxylic acids is 1. The van der Waals surface area contributed by atoms with Gasteiger partial charge < -0.3 is 14.2 Å². The Labute approximate surface area is 223 Å². The molecule has 0 saturated heterocycles. The molecule has 0 saturated carbocycles. The second-order valence-electron chi connectivity index (χ2n) is 9.14. The molecule has 5 nitrogen and oxygen atoms in total. The van der Waals surface area contributed by atoms with E-state index >= 15 is 0 Å². The van der Waals surface area contributed by atoms with Crippen LogP contribution in [0.15, 0.2) is 127 Å². The summed E-state index contributed by atoms with van der Waals surface area (Å²) < 4.78 is 17.5. The Bertz CT molecular complexity index is 1260. The van der Waals surface area contributed by atoms with Crippen molar-refractivity contribution in [3.8, 4) is 5.75 Å². The Morgan fingerprint density at radius 3 is 1.66 bits per heavy atom. The number of nitrogens with zero attached hydrogens (tertiary/aromatic N) is 1. The molecule has 4 aromatic rings. The zero-order valence-electron chi connectivity index (χ0n) is 21.6. The van der Waals surface area contributed by atoms with E-state index in [2.05, 4.69) is 36.4 Å². The van der Waals surface area contributed by atoms with Crippen LogP contribution in [0.2, 0.25) is 0 Å². The summed E-state index contributed by atoms with van der Waals surface area (Å²) in [5.74, 6) is 0.763. The van der Waals surface area contributed by atoms with Crippen molar-refractivity contribution in [2.75, 3.05) is 20.8 Å². The van der Waals surface area contributed by atoms with Crippen molar-refractivity contribution >= 4 is 6.09 Å². The number of hydrogen-bond donors (Lipinski definition) is 0. The van der Waals surface area contributed by atoms with Gasteiger partial charge in [-0.05, 0) is 34.4 Å². The molecule has 0 N–H and O–H groups in total. The lowest BCUT2D eigenvalue weighted by Gasteiger charge is -2.38. The molecule has 0 aromatic heterocycles. The lowest BCUT2D eigenvalue weighted by atomic mass is 9.80. The third-order valence-corrected chi connectivity index (χ3v) is 7.03. The number of hydrogen-bond acceptors (Lipinski definition) is 4. The monoisotopic (exact) mass is 505 g/mol. The first-order valence-corrected chi connectivity index (χ1v) is 12.7. The molecule has 1 unspecified atom stereocenters. The fourth-order valence-corrected chi connectivity index (χ4v) is 5.17. The molecule has 1 aliphatic heterocycles. The Kier molecular flexibility index (Phi) is 7.57. The number of benzene rings is 4. The maximum atomic E-state index is 13.0. The lowest BCUT2D eigenvalue weighted by Crippen LogP contribution is -2.43. The van der Waals surface area contributed by atoms with Gasteiger partial charge in [0.25, 0.3) is 0 Å². The van der Waals surface area contributed by atoms with Crippen LogP contribution in [0.4, 0.5) is 4.79 Å². The molecule has 1 aliphatic rings. The molecule has 0 radical (unpaired) electrons. The Morgan fingerprint density at radius 2 is 1.21 bits per heavy atom. The van der Waals surface area contributed by atoms with Gasteiger partial charge in [0.15, 0.2) is 0 Å². The summed E-state index contributed by atoms with van der Waals surface area (Å²) in [7, 11) is 3.04. The van der Waals surface area contributed by atoms with Gasteiger partial charge in [-0.1, -0.05) is 115 Å². The maximum absolute atomic E-state index is 13.0. The summed E-state index contributed by atoms with van der Waals surface area (Å²) >= 11 is 0. The highest BCUT2D eigenvalue weighted by Crippen LogP contribution is 2.41. The molecule has 5 heteroatoms. The molecule has 4 aromatic carbocycles. The summed E-state index contributed by atoms with van der Waals surface area (Å²) in [6.07, 6.45) is 3.65. The second kappa shape index (κ2) is 11.4. The van der Waals surface area contributed by atoms with Crippen LogP contribution < -0.4 is 4.74 Å². The van der Waals surface area contributed by atoms with E-state index < -0.39 is 11.7 Å². The average molecular weight is 506 g/mol. The van der Waals surface area contributed by atoms with Crippen molar-refractivity contribution in [1.29, 1.82) is 0 Å². The Balaban J connectivity index is 1.53. The molecule has 38 heavy (non-hydrogen) atoms. The lowest BCUT2D eigenvalue weighted by molar-refractivity contribution is -0.0131. The van der Waals surface area contributed by atoms with Crippen LogP contribution in [-0.2, 0) is 15.1 Å². The van der Waals surface area contributed by atoms with Crippen molar-refractivity contribution in [1.82, 2.24) is 4.90 Å². The number of amides is 1. The van der Waals surface area contributed by atoms with Gasteiger partial charge in [-0.3, -0.25) is 4.90 Å². The minimum Gasteiger partial charge on any atom is -0.497 e. The summed E-state index contributed by atoms with van der Waals surface area (Å²) in [6, 6.07) is 37.8. The van der Waals surface area contributed by atoms with E-state index in [1.54, 1.807) is 12.0 Å². The zero-order chi connectivity index (χ0) is 26.4.